The monoisotopic (exact) mass is 494 g/mol. The summed E-state index contributed by atoms with van der Waals surface area (Å²) in [6.07, 6.45) is 5.74. The maximum atomic E-state index is 13.2. The predicted molar refractivity (Wildman–Crippen MR) is 130 cm³/mol. The molecule has 0 spiro atoms. The van der Waals surface area contributed by atoms with Crippen molar-refractivity contribution < 1.29 is 14.3 Å². The van der Waals surface area contributed by atoms with E-state index in [1.807, 2.05) is 18.2 Å². The van der Waals surface area contributed by atoms with Gasteiger partial charge in [-0.15, -0.1) is 11.3 Å². The first-order valence-electron chi connectivity index (χ1n) is 11.3. The van der Waals surface area contributed by atoms with Gasteiger partial charge in [-0.2, -0.15) is 0 Å². The van der Waals surface area contributed by atoms with Crippen LogP contribution in [0, 0.1) is 5.92 Å². The normalized spacial score (nSPS) is 18.8. The zero-order chi connectivity index (χ0) is 22.7. The lowest BCUT2D eigenvalue weighted by molar-refractivity contribution is -0.121. The molecule has 1 aromatic carbocycles. The second-order valence-corrected chi connectivity index (χ2v) is 10.3. The van der Waals surface area contributed by atoms with Crippen LogP contribution in [0.5, 0.6) is 0 Å². The van der Waals surface area contributed by atoms with E-state index in [-0.39, 0.29) is 17.8 Å². The number of nitrogens with one attached hydrogen (secondary N) is 1. The summed E-state index contributed by atoms with van der Waals surface area (Å²) in [6, 6.07) is 5.52. The van der Waals surface area contributed by atoms with E-state index < -0.39 is 0 Å². The average molecular weight is 495 g/mol. The largest absolute Gasteiger partial charge is 0.462 e. The van der Waals surface area contributed by atoms with Gasteiger partial charge in [-0.1, -0.05) is 29.3 Å². The van der Waals surface area contributed by atoms with Crippen LogP contribution in [0.3, 0.4) is 0 Å². The molecule has 1 saturated heterocycles. The Labute approximate surface area is 203 Å². The Morgan fingerprint density at radius 1 is 1.19 bits per heavy atom. The van der Waals surface area contributed by atoms with E-state index in [1.54, 1.807) is 6.92 Å². The van der Waals surface area contributed by atoms with E-state index in [2.05, 4.69) is 10.2 Å². The number of ether oxygens (including phenoxy) is 1. The first-order valence-corrected chi connectivity index (χ1v) is 12.8. The molecule has 4 rings (SSSR count). The quantitative estimate of drug-likeness (QED) is 0.503. The van der Waals surface area contributed by atoms with E-state index in [0.717, 1.165) is 56.2 Å². The highest BCUT2D eigenvalue weighted by Gasteiger charge is 2.31. The van der Waals surface area contributed by atoms with Crippen LogP contribution in [0.1, 0.15) is 59.0 Å². The van der Waals surface area contributed by atoms with E-state index >= 15 is 0 Å². The zero-order valence-corrected chi connectivity index (χ0v) is 20.5. The first kappa shape index (κ1) is 23.6. The molecule has 1 amide bonds. The Balaban J connectivity index is 1.48. The van der Waals surface area contributed by atoms with Gasteiger partial charge in [0, 0.05) is 33.6 Å². The third-order valence-electron chi connectivity index (χ3n) is 6.21. The van der Waals surface area contributed by atoms with E-state index in [9.17, 15) is 9.59 Å². The van der Waals surface area contributed by atoms with Gasteiger partial charge in [-0.05, 0) is 69.7 Å². The first-order chi connectivity index (χ1) is 15.5. The maximum Gasteiger partial charge on any atom is 0.341 e. The summed E-state index contributed by atoms with van der Waals surface area (Å²) in [7, 11) is 0. The topological polar surface area (TPSA) is 58.6 Å². The lowest BCUT2D eigenvalue weighted by Gasteiger charge is -2.32. The lowest BCUT2D eigenvalue weighted by Crippen LogP contribution is -2.40. The van der Waals surface area contributed by atoms with Crippen LogP contribution in [0.2, 0.25) is 10.0 Å². The van der Waals surface area contributed by atoms with E-state index in [0.29, 0.717) is 40.3 Å². The molecular formula is C24H28Cl2N2O3S. The third kappa shape index (κ3) is 5.14. The Hall–Kier alpha value is -1.60. The van der Waals surface area contributed by atoms with Gasteiger partial charge < -0.3 is 10.1 Å². The molecule has 0 saturated carbocycles. The molecule has 172 valence electrons. The number of carbonyl (C=O) groups is 2. The molecule has 2 heterocycles. The molecule has 1 N–H and O–H groups in total. The maximum absolute atomic E-state index is 13.2. The Morgan fingerprint density at radius 2 is 1.94 bits per heavy atom. The molecule has 5 nitrogen and oxygen atoms in total. The summed E-state index contributed by atoms with van der Waals surface area (Å²) >= 11 is 14.2. The lowest BCUT2D eigenvalue weighted by atomic mass is 9.95. The van der Waals surface area contributed by atoms with Crippen LogP contribution in [0.25, 0.3) is 0 Å². The number of benzene rings is 1. The number of thiophene rings is 1. The van der Waals surface area contributed by atoms with Crippen molar-refractivity contribution in [1.29, 1.82) is 0 Å². The fraction of sp³-hybridized carbons (Fsp3) is 0.500. The fourth-order valence-electron chi connectivity index (χ4n) is 4.61. The molecule has 32 heavy (non-hydrogen) atoms. The van der Waals surface area contributed by atoms with Gasteiger partial charge in [-0.25, -0.2) is 4.79 Å². The smallest absolute Gasteiger partial charge is 0.341 e. The average Bonchev–Trinajstić information content (AvgIpc) is 3.14. The SMILES string of the molecule is CCOC(=O)c1c(NC(=O)C2CCCN(Cc3c(Cl)cccc3Cl)C2)sc2c1CCCC2. The van der Waals surface area contributed by atoms with Gasteiger partial charge >= 0.3 is 5.97 Å². The second kappa shape index (κ2) is 10.6. The van der Waals surface area contributed by atoms with Crippen molar-refractivity contribution in [2.24, 2.45) is 5.92 Å². The molecular weight excluding hydrogens is 467 g/mol. The van der Waals surface area contributed by atoms with Gasteiger partial charge in [0.1, 0.15) is 5.00 Å². The van der Waals surface area contributed by atoms with Gasteiger partial charge in [0.05, 0.1) is 18.1 Å². The standard InChI is InChI=1S/C24H28Cl2N2O3S/c1-2-31-24(30)21-16-8-3-4-11-20(16)32-23(21)27-22(29)15-7-6-12-28(13-15)14-17-18(25)9-5-10-19(17)26/h5,9-10,15H,2-4,6-8,11-14H2,1H3,(H,27,29). The highest BCUT2D eigenvalue weighted by atomic mass is 35.5. The van der Waals surface area contributed by atoms with Crippen LogP contribution >= 0.6 is 34.5 Å². The number of nitrogens with zero attached hydrogens (tertiary/aromatic N) is 1. The molecule has 0 bridgehead atoms. The van der Waals surface area contributed by atoms with E-state index in [4.69, 9.17) is 27.9 Å². The number of halogens is 2. The molecule has 1 aliphatic carbocycles. The van der Waals surface area contributed by atoms with Crippen molar-refractivity contribution in [3.05, 3.63) is 49.8 Å². The van der Waals surface area contributed by atoms with Crippen LogP contribution in [-0.2, 0) is 28.9 Å². The van der Waals surface area contributed by atoms with Crippen molar-refractivity contribution in [2.45, 2.75) is 52.0 Å². The minimum absolute atomic E-state index is 0.0379. The Bertz CT molecular complexity index is 987. The van der Waals surface area contributed by atoms with Crippen molar-refractivity contribution in [2.75, 3.05) is 25.0 Å². The van der Waals surface area contributed by atoms with Gasteiger partial charge in [0.25, 0.3) is 0 Å². The summed E-state index contributed by atoms with van der Waals surface area (Å²) in [5.74, 6) is -0.524. The minimum Gasteiger partial charge on any atom is -0.462 e. The number of hydrogen-bond donors (Lipinski definition) is 1. The molecule has 8 heteroatoms. The molecule has 1 aromatic heterocycles. The number of esters is 1. The number of amides is 1. The van der Waals surface area contributed by atoms with Crippen LogP contribution in [0.15, 0.2) is 18.2 Å². The Morgan fingerprint density at radius 3 is 2.69 bits per heavy atom. The van der Waals surface area contributed by atoms with Crippen molar-refractivity contribution in [3.8, 4) is 0 Å². The Kier molecular flexibility index (Phi) is 7.77. The number of carbonyl (C=O) groups excluding carboxylic acids is 2. The number of hydrogen-bond acceptors (Lipinski definition) is 5. The van der Waals surface area contributed by atoms with Gasteiger partial charge in [0.15, 0.2) is 0 Å². The number of anilines is 1. The van der Waals surface area contributed by atoms with E-state index in [1.165, 1.54) is 16.2 Å². The zero-order valence-electron chi connectivity index (χ0n) is 18.2. The third-order valence-corrected chi connectivity index (χ3v) is 8.12. The van der Waals surface area contributed by atoms with Crippen molar-refractivity contribution in [3.63, 3.8) is 0 Å². The molecule has 2 aromatic rings. The molecule has 0 radical (unpaired) electrons. The second-order valence-electron chi connectivity index (χ2n) is 8.40. The summed E-state index contributed by atoms with van der Waals surface area (Å²) in [5.41, 5.74) is 2.52. The van der Waals surface area contributed by atoms with Crippen LogP contribution < -0.4 is 5.32 Å². The number of rotatable bonds is 6. The van der Waals surface area contributed by atoms with Crippen LogP contribution in [0.4, 0.5) is 5.00 Å². The molecule has 2 aliphatic rings. The highest BCUT2D eigenvalue weighted by molar-refractivity contribution is 7.17. The molecule has 1 aliphatic heterocycles. The van der Waals surface area contributed by atoms with Gasteiger partial charge in [0.2, 0.25) is 5.91 Å². The van der Waals surface area contributed by atoms with Crippen molar-refractivity contribution >= 4 is 51.4 Å². The van der Waals surface area contributed by atoms with Crippen LogP contribution in [-0.4, -0.2) is 36.5 Å². The number of piperidine rings is 1. The molecule has 1 atom stereocenters. The minimum atomic E-state index is -0.333. The molecule has 1 unspecified atom stereocenters. The molecule has 1 fully saturated rings. The fourth-order valence-corrected chi connectivity index (χ4v) is 6.40. The predicted octanol–water partition coefficient (Wildman–Crippen LogP) is 5.96. The summed E-state index contributed by atoms with van der Waals surface area (Å²) in [6.45, 7) is 4.26. The number of fused-ring (bicyclic) bond motifs is 1. The summed E-state index contributed by atoms with van der Waals surface area (Å²) < 4.78 is 5.31. The number of likely N-dealkylation sites (tertiary alicyclic amines) is 1. The summed E-state index contributed by atoms with van der Waals surface area (Å²) in [5, 5.41) is 5.02. The summed E-state index contributed by atoms with van der Waals surface area (Å²) in [4.78, 5) is 29.3. The van der Waals surface area contributed by atoms with Crippen molar-refractivity contribution in [1.82, 2.24) is 4.90 Å². The number of aryl methyl sites for hydroxylation is 1. The van der Waals surface area contributed by atoms with Gasteiger partial charge in [-0.3, -0.25) is 9.69 Å². The highest BCUT2D eigenvalue weighted by Crippen LogP contribution is 2.39.